The van der Waals surface area contributed by atoms with E-state index >= 15 is 0 Å². The van der Waals surface area contributed by atoms with Crippen molar-refractivity contribution < 1.29 is 14.6 Å². The van der Waals surface area contributed by atoms with Gasteiger partial charge in [-0.15, -0.1) is 0 Å². The zero-order valence-corrected chi connectivity index (χ0v) is 21.8. The molecule has 1 aliphatic carbocycles. The highest BCUT2D eigenvalue weighted by molar-refractivity contribution is 5.75. The van der Waals surface area contributed by atoms with Crippen molar-refractivity contribution in [3.8, 4) is 22.6 Å². The van der Waals surface area contributed by atoms with Crippen molar-refractivity contribution >= 4 is 0 Å². The number of hydrogen-bond acceptors (Lipinski definition) is 4. The van der Waals surface area contributed by atoms with E-state index in [1.807, 2.05) is 0 Å². The van der Waals surface area contributed by atoms with Crippen LogP contribution in [0, 0.1) is 20.8 Å². The highest BCUT2D eigenvalue weighted by Crippen LogP contribution is 2.36. The Morgan fingerprint density at radius 3 is 2.40 bits per heavy atom. The van der Waals surface area contributed by atoms with Crippen LogP contribution in [0.4, 0.5) is 0 Å². The number of aliphatic hydroxyl groups is 1. The Bertz CT molecular complexity index is 1170. The summed E-state index contributed by atoms with van der Waals surface area (Å²) in [4.78, 5) is 0. The van der Waals surface area contributed by atoms with Crippen molar-refractivity contribution in [1.29, 1.82) is 0 Å². The van der Waals surface area contributed by atoms with Crippen LogP contribution < -0.4 is 15.2 Å². The predicted octanol–water partition coefficient (Wildman–Crippen LogP) is 6.39. The van der Waals surface area contributed by atoms with Gasteiger partial charge in [0.1, 0.15) is 18.1 Å². The van der Waals surface area contributed by atoms with Gasteiger partial charge in [-0.1, -0.05) is 24.3 Å². The van der Waals surface area contributed by atoms with Gasteiger partial charge >= 0.3 is 0 Å². The molecule has 0 amide bonds. The summed E-state index contributed by atoms with van der Waals surface area (Å²) in [5.41, 5.74) is 15.2. The van der Waals surface area contributed by atoms with Crippen LogP contribution in [0.25, 0.3) is 11.1 Å². The average molecular weight is 474 g/mol. The minimum absolute atomic E-state index is 0.489. The third-order valence-electron chi connectivity index (χ3n) is 7.20. The molecule has 0 spiro atoms. The molecule has 3 aromatic rings. The standard InChI is InChI=1S/C31H39NO3/c1-20-15-27(34-14-13-31(4,5)33)16-21(2)30(20)28-8-6-7-25(22(28)3)19-35-26-11-12-29-23(17-26)9-10-24(29)18-32/h6-8,11-12,15-17,24,33H,9-10,13-14,18-19,32H2,1-5H3. The van der Waals surface area contributed by atoms with Gasteiger partial charge in [-0.05, 0) is 129 Å². The van der Waals surface area contributed by atoms with E-state index in [9.17, 15) is 5.11 Å². The lowest BCUT2D eigenvalue weighted by Crippen LogP contribution is -2.21. The molecule has 0 saturated heterocycles. The maximum Gasteiger partial charge on any atom is 0.120 e. The summed E-state index contributed by atoms with van der Waals surface area (Å²) in [6, 6.07) is 17.1. The van der Waals surface area contributed by atoms with E-state index in [4.69, 9.17) is 15.2 Å². The minimum atomic E-state index is -0.726. The molecule has 0 fully saturated rings. The van der Waals surface area contributed by atoms with Crippen molar-refractivity contribution in [2.24, 2.45) is 5.73 Å². The molecule has 0 heterocycles. The van der Waals surface area contributed by atoms with Gasteiger partial charge in [0.25, 0.3) is 0 Å². The summed E-state index contributed by atoms with van der Waals surface area (Å²) in [6.45, 7) is 11.8. The van der Waals surface area contributed by atoms with Crippen LogP contribution in [0.1, 0.15) is 66.0 Å². The highest BCUT2D eigenvalue weighted by atomic mass is 16.5. The Hall–Kier alpha value is -2.82. The van der Waals surface area contributed by atoms with Gasteiger partial charge in [-0.3, -0.25) is 0 Å². The molecular formula is C31H39NO3. The SMILES string of the molecule is Cc1cc(OCCC(C)(C)O)cc(C)c1-c1cccc(COc2ccc3c(c2)CCC3CN)c1C. The third-order valence-corrected chi connectivity index (χ3v) is 7.20. The van der Waals surface area contributed by atoms with Gasteiger partial charge in [0.2, 0.25) is 0 Å². The lowest BCUT2D eigenvalue weighted by Gasteiger charge is -2.19. The molecule has 1 atom stereocenters. The molecule has 0 saturated carbocycles. The van der Waals surface area contributed by atoms with Gasteiger partial charge in [-0.25, -0.2) is 0 Å². The summed E-state index contributed by atoms with van der Waals surface area (Å²) >= 11 is 0. The molecule has 4 nitrogen and oxygen atoms in total. The highest BCUT2D eigenvalue weighted by Gasteiger charge is 2.21. The lowest BCUT2D eigenvalue weighted by atomic mass is 9.90. The summed E-state index contributed by atoms with van der Waals surface area (Å²) in [7, 11) is 0. The van der Waals surface area contributed by atoms with Crippen LogP contribution >= 0.6 is 0 Å². The molecule has 0 bridgehead atoms. The molecule has 1 unspecified atom stereocenters. The zero-order chi connectivity index (χ0) is 25.2. The van der Waals surface area contributed by atoms with E-state index in [2.05, 4.69) is 69.3 Å². The normalized spacial score (nSPS) is 15.2. The fourth-order valence-corrected chi connectivity index (χ4v) is 5.14. The van der Waals surface area contributed by atoms with E-state index in [0.717, 1.165) is 24.3 Å². The Morgan fingerprint density at radius 1 is 0.971 bits per heavy atom. The molecule has 4 heteroatoms. The molecule has 3 N–H and O–H groups in total. The summed E-state index contributed by atoms with van der Waals surface area (Å²) < 4.78 is 12.2. The minimum Gasteiger partial charge on any atom is -0.493 e. The number of hydrogen-bond donors (Lipinski definition) is 2. The number of aryl methyl sites for hydroxylation is 3. The lowest BCUT2D eigenvalue weighted by molar-refractivity contribution is 0.0553. The second-order valence-electron chi connectivity index (χ2n) is 10.6. The first-order valence-corrected chi connectivity index (χ1v) is 12.7. The first-order valence-electron chi connectivity index (χ1n) is 12.7. The monoisotopic (exact) mass is 473 g/mol. The van der Waals surface area contributed by atoms with Gasteiger partial charge in [-0.2, -0.15) is 0 Å². The molecule has 3 aromatic carbocycles. The molecule has 35 heavy (non-hydrogen) atoms. The van der Waals surface area contributed by atoms with Gasteiger partial charge < -0.3 is 20.3 Å². The molecule has 0 radical (unpaired) electrons. The second-order valence-corrected chi connectivity index (χ2v) is 10.6. The Kier molecular flexibility index (Phi) is 7.53. The van der Waals surface area contributed by atoms with Gasteiger partial charge in [0.05, 0.1) is 12.2 Å². The molecule has 0 aliphatic heterocycles. The number of benzene rings is 3. The zero-order valence-electron chi connectivity index (χ0n) is 21.8. The van der Waals surface area contributed by atoms with Crippen LogP contribution in [0.3, 0.4) is 0 Å². The summed E-state index contributed by atoms with van der Waals surface area (Å²) in [6.07, 6.45) is 2.81. The van der Waals surface area contributed by atoms with Crippen molar-refractivity contribution in [2.75, 3.05) is 13.2 Å². The van der Waals surface area contributed by atoms with Crippen LogP contribution in [0.2, 0.25) is 0 Å². The largest absolute Gasteiger partial charge is 0.493 e. The van der Waals surface area contributed by atoms with E-state index in [-0.39, 0.29) is 0 Å². The van der Waals surface area contributed by atoms with Gasteiger partial charge in [0, 0.05) is 6.42 Å². The van der Waals surface area contributed by atoms with E-state index < -0.39 is 5.60 Å². The number of fused-ring (bicyclic) bond motifs is 1. The average Bonchev–Trinajstić information content (AvgIpc) is 3.20. The van der Waals surface area contributed by atoms with Crippen molar-refractivity contribution in [2.45, 2.75) is 72.0 Å². The van der Waals surface area contributed by atoms with Crippen molar-refractivity contribution in [1.82, 2.24) is 0 Å². The fourth-order valence-electron chi connectivity index (χ4n) is 5.14. The summed E-state index contributed by atoms with van der Waals surface area (Å²) in [5.74, 6) is 2.26. The van der Waals surface area contributed by atoms with Crippen LogP contribution in [-0.2, 0) is 13.0 Å². The van der Waals surface area contributed by atoms with Crippen LogP contribution in [0.5, 0.6) is 11.5 Å². The first kappa shape index (κ1) is 25.3. The van der Waals surface area contributed by atoms with Crippen LogP contribution in [-0.4, -0.2) is 23.9 Å². The topological polar surface area (TPSA) is 64.7 Å². The fraction of sp³-hybridized carbons (Fsp3) is 0.419. The first-order chi connectivity index (χ1) is 16.7. The number of nitrogens with two attached hydrogens (primary N) is 1. The Balaban J connectivity index is 1.50. The maximum atomic E-state index is 9.94. The van der Waals surface area contributed by atoms with Crippen molar-refractivity contribution in [3.05, 3.63) is 81.9 Å². The molecule has 0 aromatic heterocycles. The van der Waals surface area contributed by atoms with E-state index in [1.54, 1.807) is 13.8 Å². The van der Waals surface area contributed by atoms with Crippen LogP contribution in [0.15, 0.2) is 48.5 Å². The van der Waals surface area contributed by atoms with Gasteiger partial charge in [0.15, 0.2) is 0 Å². The smallest absolute Gasteiger partial charge is 0.120 e. The Morgan fingerprint density at radius 2 is 1.71 bits per heavy atom. The summed E-state index contributed by atoms with van der Waals surface area (Å²) in [5, 5.41) is 9.94. The molecule has 4 rings (SSSR count). The third kappa shape index (κ3) is 5.88. The Labute approximate surface area is 210 Å². The molecule has 186 valence electrons. The quantitative estimate of drug-likeness (QED) is 0.378. The number of ether oxygens (including phenoxy) is 2. The molecular weight excluding hydrogens is 434 g/mol. The number of rotatable bonds is 9. The van der Waals surface area contributed by atoms with E-state index in [1.165, 1.54) is 44.5 Å². The second kappa shape index (κ2) is 10.4. The maximum absolute atomic E-state index is 9.94. The predicted molar refractivity (Wildman–Crippen MR) is 143 cm³/mol. The van der Waals surface area contributed by atoms with E-state index in [0.29, 0.717) is 32.1 Å². The van der Waals surface area contributed by atoms with Crippen molar-refractivity contribution in [3.63, 3.8) is 0 Å². The molecule has 1 aliphatic rings.